The Kier molecular flexibility index (Phi) is 3.41. The summed E-state index contributed by atoms with van der Waals surface area (Å²) in [5.41, 5.74) is 1.09. The summed E-state index contributed by atoms with van der Waals surface area (Å²) in [5, 5.41) is 0. The molecule has 0 bridgehead atoms. The summed E-state index contributed by atoms with van der Waals surface area (Å²) in [5.74, 6) is 0. The van der Waals surface area contributed by atoms with Crippen molar-refractivity contribution in [2.45, 2.75) is 32.6 Å². The van der Waals surface area contributed by atoms with Gasteiger partial charge >= 0.3 is 0 Å². The van der Waals surface area contributed by atoms with Crippen LogP contribution >= 0.6 is 0 Å². The maximum Gasteiger partial charge on any atom is 0.0554 e. The molecule has 104 valence electrons. The van der Waals surface area contributed by atoms with Gasteiger partial charge in [-0.15, -0.1) is 0 Å². The summed E-state index contributed by atoms with van der Waals surface area (Å²) in [4.78, 5) is 5.22. The van der Waals surface area contributed by atoms with Crippen LogP contribution in [0.3, 0.4) is 0 Å². The van der Waals surface area contributed by atoms with E-state index in [4.69, 9.17) is 4.74 Å². The molecule has 0 aromatic heterocycles. The fourth-order valence-electron chi connectivity index (χ4n) is 4.03. The fourth-order valence-corrected chi connectivity index (χ4v) is 4.03. The first kappa shape index (κ1) is 12.9. The first-order valence-corrected chi connectivity index (χ1v) is 7.58. The zero-order chi connectivity index (χ0) is 12.6. The zero-order valence-corrected chi connectivity index (χ0v) is 12.1. The van der Waals surface area contributed by atoms with Crippen molar-refractivity contribution in [3.05, 3.63) is 0 Å². The van der Waals surface area contributed by atoms with Crippen LogP contribution in [0.4, 0.5) is 0 Å². The third-order valence-corrected chi connectivity index (χ3v) is 5.29. The highest BCUT2D eigenvalue weighted by Crippen LogP contribution is 2.40. The van der Waals surface area contributed by atoms with Crippen LogP contribution in [0.5, 0.6) is 0 Å². The molecule has 3 rings (SSSR count). The minimum absolute atomic E-state index is 0.448. The Morgan fingerprint density at radius 3 is 2.39 bits per heavy atom. The quantitative estimate of drug-likeness (QED) is 0.746. The van der Waals surface area contributed by atoms with Gasteiger partial charge in [0.05, 0.1) is 13.2 Å². The molecule has 0 radical (unpaired) electrons. The molecule has 0 amide bonds. The second-order valence-corrected chi connectivity index (χ2v) is 7.42. The van der Waals surface area contributed by atoms with Crippen molar-refractivity contribution >= 4 is 0 Å². The molecule has 3 nitrogen and oxygen atoms in total. The lowest BCUT2D eigenvalue weighted by atomic mass is 9.72. The van der Waals surface area contributed by atoms with Gasteiger partial charge < -0.3 is 14.5 Å². The van der Waals surface area contributed by atoms with Crippen LogP contribution in [0, 0.1) is 10.8 Å². The van der Waals surface area contributed by atoms with E-state index in [-0.39, 0.29) is 0 Å². The molecule has 18 heavy (non-hydrogen) atoms. The van der Waals surface area contributed by atoms with Crippen molar-refractivity contribution in [1.82, 2.24) is 9.80 Å². The highest BCUT2D eigenvalue weighted by molar-refractivity contribution is 4.93. The summed E-state index contributed by atoms with van der Waals surface area (Å²) in [7, 11) is 2.26. The number of piperidine rings is 2. The molecule has 0 N–H and O–H groups in total. The lowest BCUT2D eigenvalue weighted by Gasteiger charge is -2.50. The molecule has 3 heterocycles. The topological polar surface area (TPSA) is 15.7 Å². The third-order valence-electron chi connectivity index (χ3n) is 5.29. The van der Waals surface area contributed by atoms with Gasteiger partial charge in [0.2, 0.25) is 0 Å². The monoisotopic (exact) mass is 252 g/mol. The first-order chi connectivity index (χ1) is 8.59. The molecular formula is C15H28N2O. The van der Waals surface area contributed by atoms with Crippen LogP contribution in [0.15, 0.2) is 0 Å². The minimum atomic E-state index is 0.448. The van der Waals surface area contributed by atoms with Gasteiger partial charge in [-0.2, -0.15) is 0 Å². The predicted octanol–water partition coefficient (Wildman–Crippen LogP) is 1.83. The Labute approximate surface area is 111 Å². The minimum Gasteiger partial charge on any atom is -0.380 e. The number of hydrogen-bond acceptors (Lipinski definition) is 3. The summed E-state index contributed by atoms with van der Waals surface area (Å²) in [6.45, 7) is 10.8. The van der Waals surface area contributed by atoms with Gasteiger partial charge in [-0.05, 0) is 57.8 Å². The van der Waals surface area contributed by atoms with Crippen molar-refractivity contribution in [2.24, 2.45) is 10.8 Å². The van der Waals surface area contributed by atoms with Crippen LogP contribution in [-0.2, 0) is 4.74 Å². The van der Waals surface area contributed by atoms with Crippen LogP contribution in [0.25, 0.3) is 0 Å². The van der Waals surface area contributed by atoms with E-state index >= 15 is 0 Å². The molecule has 3 aliphatic heterocycles. The smallest absolute Gasteiger partial charge is 0.0554 e. The summed E-state index contributed by atoms with van der Waals surface area (Å²) in [6.07, 6.45) is 5.69. The fraction of sp³-hybridized carbons (Fsp3) is 1.00. The summed E-state index contributed by atoms with van der Waals surface area (Å²) < 4.78 is 5.40. The van der Waals surface area contributed by atoms with E-state index in [1.54, 1.807) is 0 Å². The first-order valence-electron chi connectivity index (χ1n) is 7.58. The molecular weight excluding hydrogens is 224 g/mol. The number of rotatable bonds is 2. The van der Waals surface area contributed by atoms with E-state index in [2.05, 4.69) is 23.8 Å². The summed E-state index contributed by atoms with van der Waals surface area (Å²) >= 11 is 0. The average molecular weight is 252 g/mol. The molecule has 3 heteroatoms. The van der Waals surface area contributed by atoms with Crippen molar-refractivity contribution in [1.29, 1.82) is 0 Å². The number of likely N-dealkylation sites (tertiary alicyclic amines) is 2. The van der Waals surface area contributed by atoms with Gasteiger partial charge in [0.15, 0.2) is 0 Å². The largest absolute Gasteiger partial charge is 0.380 e. The molecule has 0 aromatic rings. The van der Waals surface area contributed by atoms with E-state index in [1.807, 2.05) is 0 Å². The van der Waals surface area contributed by atoms with Crippen molar-refractivity contribution < 1.29 is 4.74 Å². The molecule has 3 aliphatic rings. The molecule has 0 saturated carbocycles. The Morgan fingerprint density at radius 2 is 1.78 bits per heavy atom. The van der Waals surface area contributed by atoms with Crippen LogP contribution < -0.4 is 0 Å². The van der Waals surface area contributed by atoms with E-state index in [0.717, 1.165) is 13.2 Å². The number of hydrogen-bond donors (Lipinski definition) is 0. The van der Waals surface area contributed by atoms with Gasteiger partial charge in [0, 0.05) is 18.5 Å². The van der Waals surface area contributed by atoms with Crippen molar-refractivity contribution in [3.8, 4) is 0 Å². The normalized spacial score (nSPS) is 32.3. The SMILES string of the molecule is CN1CCC2(CCCN(CC3(C)COC3)C2)CC1. The molecule has 0 aromatic carbocycles. The Hall–Kier alpha value is -0.120. The number of nitrogens with zero attached hydrogens (tertiary/aromatic N) is 2. The van der Waals surface area contributed by atoms with E-state index in [0.29, 0.717) is 10.8 Å². The van der Waals surface area contributed by atoms with Gasteiger partial charge in [-0.1, -0.05) is 6.92 Å². The van der Waals surface area contributed by atoms with Crippen molar-refractivity contribution in [3.63, 3.8) is 0 Å². The van der Waals surface area contributed by atoms with E-state index in [9.17, 15) is 0 Å². The molecule has 0 aliphatic carbocycles. The Morgan fingerprint density at radius 1 is 1.06 bits per heavy atom. The Balaban J connectivity index is 1.58. The van der Waals surface area contributed by atoms with Crippen LogP contribution in [0.2, 0.25) is 0 Å². The highest BCUT2D eigenvalue weighted by atomic mass is 16.5. The van der Waals surface area contributed by atoms with E-state index in [1.165, 1.54) is 58.4 Å². The second kappa shape index (κ2) is 4.77. The predicted molar refractivity (Wildman–Crippen MR) is 73.8 cm³/mol. The molecule has 0 unspecified atom stereocenters. The van der Waals surface area contributed by atoms with Gasteiger partial charge in [0.1, 0.15) is 0 Å². The molecule has 0 atom stereocenters. The zero-order valence-electron chi connectivity index (χ0n) is 12.1. The summed E-state index contributed by atoms with van der Waals surface area (Å²) in [6, 6.07) is 0. The van der Waals surface area contributed by atoms with Crippen LogP contribution in [-0.4, -0.2) is 62.8 Å². The van der Waals surface area contributed by atoms with Crippen molar-refractivity contribution in [2.75, 3.05) is 53.0 Å². The van der Waals surface area contributed by atoms with Crippen LogP contribution in [0.1, 0.15) is 32.6 Å². The lowest BCUT2D eigenvalue weighted by Crippen LogP contribution is -2.54. The average Bonchev–Trinajstić information content (AvgIpc) is 2.32. The van der Waals surface area contributed by atoms with E-state index < -0.39 is 0 Å². The Bertz CT molecular complexity index is 293. The van der Waals surface area contributed by atoms with Gasteiger partial charge in [0.25, 0.3) is 0 Å². The maximum absolute atomic E-state index is 5.40. The molecule has 1 spiro atoms. The third kappa shape index (κ3) is 2.59. The maximum atomic E-state index is 5.40. The standard InChI is InChI=1S/C15H28N2O/c1-14(12-18-13-14)10-17-7-3-4-15(11-17)5-8-16(2)9-6-15/h3-13H2,1-2H3. The lowest BCUT2D eigenvalue weighted by molar-refractivity contribution is -0.123. The van der Waals surface area contributed by atoms with Gasteiger partial charge in [-0.25, -0.2) is 0 Å². The molecule has 3 fully saturated rings. The second-order valence-electron chi connectivity index (χ2n) is 7.42. The highest BCUT2D eigenvalue weighted by Gasteiger charge is 2.41. The van der Waals surface area contributed by atoms with Gasteiger partial charge in [-0.3, -0.25) is 0 Å². The number of ether oxygens (including phenoxy) is 1. The molecule has 3 saturated heterocycles.